The molecular weight excluding hydrogens is 270 g/mol. The quantitative estimate of drug-likeness (QED) is 0.848. The average Bonchev–Trinajstić information content (AvgIpc) is 2.68. The molecule has 5 nitrogen and oxygen atoms in total. The fraction of sp³-hybridized carbons (Fsp3) is 0.429. The lowest BCUT2D eigenvalue weighted by Crippen LogP contribution is -2.02. The van der Waals surface area contributed by atoms with Crippen LogP contribution in [-0.2, 0) is 13.0 Å². The minimum absolute atomic E-state index is 0.589. The molecule has 2 aromatic heterocycles. The van der Waals surface area contributed by atoms with Crippen molar-refractivity contribution in [2.75, 3.05) is 0 Å². The number of rotatable bonds is 2. The van der Waals surface area contributed by atoms with Crippen molar-refractivity contribution in [3.05, 3.63) is 29.2 Å². The van der Waals surface area contributed by atoms with Crippen LogP contribution in [0.2, 0.25) is 0 Å². The molecule has 1 aliphatic heterocycles. The molecule has 0 N–H and O–H groups in total. The molecule has 3 heterocycles. The van der Waals surface area contributed by atoms with Crippen molar-refractivity contribution in [1.29, 1.82) is 5.26 Å². The maximum atomic E-state index is 9.18. The number of fused-ring (bicyclic) bond motifs is 1. The summed E-state index contributed by atoms with van der Waals surface area (Å²) in [7, 11) is 0. The molecule has 0 bridgehead atoms. The molecule has 102 valence electrons. The van der Waals surface area contributed by atoms with Crippen LogP contribution < -0.4 is 0 Å². The molecule has 0 spiro atoms. The maximum Gasteiger partial charge on any atom is 0.197 e. The molecule has 0 unspecified atom stereocenters. The molecule has 0 fully saturated rings. The first-order chi connectivity index (χ1) is 9.78. The lowest BCUT2D eigenvalue weighted by molar-refractivity contribution is 0.590. The molecule has 0 radical (unpaired) electrons. The molecule has 0 atom stereocenters. The van der Waals surface area contributed by atoms with Crippen LogP contribution in [0.1, 0.15) is 36.3 Å². The Morgan fingerprint density at radius 3 is 3.00 bits per heavy atom. The fourth-order valence-electron chi connectivity index (χ4n) is 2.32. The van der Waals surface area contributed by atoms with Gasteiger partial charge < -0.3 is 4.57 Å². The van der Waals surface area contributed by atoms with Gasteiger partial charge in [-0.15, -0.1) is 10.2 Å². The van der Waals surface area contributed by atoms with E-state index < -0.39 is 0 Å². The smallest absolute Gasteiger partial charge is 0.197 e. The van der Waals surface area contributed by atoms with E-state index in [-0.39, 0.29) is 0 Å². The Morgan fingerprint density at radius 2 is 2.15 bits per heavy atom. The van der Waals surface area contributed by atoms with Crippen LogP contribution in [0.4, 0.5) is 0 Å². The van der Waals surface area contributed by atoms with E-state index in [4.69, 9.17) is 0 Å². The molecule has 1 aliphatic rings. The summed E-state index contributed by atoms with van der Waals surface area (Å²) < 4.78 is 2.17. The van der Waals surface area contributed by atoms with Crippen LogP contribution in [0.3, 0.4) is 0 Å². The zero-order chi connectivity index (χ0) is 13.9. The van der Waals surface area contributed by atoms with Gasteiger partial charge in [0.1, 0.15) is 16.9 Å². The third kappa shape index (κ3) is 2.54. The Kier molecular flexibility index (Phi) is 3.70. The zero-order valence-corrected chi connectivity index (χ0v) is 12.2. The first-order valence-electron chi connectivity index (χ1n) is 6.75. The summed E-state index contributed by atoms with van der Waals surface area (Å²) in [6.45, 7) is 2.88. The lowest BCUT2D eigenvalue weighted by Gasteiger charge is -2.07. The predicted molar refractivity (Wildman–Crippen MR) is 75.4 cm³/mol. The SMILES string of the molecule is Cc1ccc(C#N)c(Sc2nnc3n2CCCCC3)n1. The van der Waals surface area contributed by atoms with Crippen LogP contribution >= 0.6 is 11.8 Å². The van der Waals surface area contributed by atoms with E-state index in [2.05, 4.69) is 25.8 Å². The van der Waals surface area contributed by atoms with Gasteiger partial charge in [0.25, 0.3) is 0 Å². The van der Waals surface area contributed by atoms with Crippen molar-refractivity contribution >= 4 is 11.8 Å². The lowest BCUT2D eigenvalue weighted by atomic mass is 10.2. The number of hydrogen-bond acceptors (Lipinski definition) is 5. The molecule has 0 amide bonds. The highest BCUT2D eigenvalue weighted by atomic mass is 32.2. The van der Waals surface area contributed by atoms with E-state index >= 15 is 0 Å². The van der Waals surface area contributed by atoms with Gasteiger partial charge in [0.15, 0.2) is 5.16 Å². The van der Waals surface area contributed by atoms with Gasteiger partial charge in [0.05, 0.1) is 5.56 Å². The first kappa shape index (κ1) is 13.1. The highest BCUT2D eigenvalue weighted by Crippen LogP contribution is 2.29. The molecule has 2 aromatic rings. The van der Waals surface area contributed by atoms with Crippen molar-refractivity contribution in [1.82, 2.24) is 19.7 Å². The van der Waals surface area contributed by atoms with Crippen LogP contribution in [0, 0.1) is 18.3 Å². The highest BCUT2D eigenvalue weighted by Gasteiger charge is 2.17. The number of pyridine rings is 1. The molecule has 6 heteroatoms. The van der Waals surface area contributed by atoms with Gasteiger partial charge in [0.2, 0.25) is 0 Å². The summed E-state index contributed by atoms with van der Waals surface area (Å²) in [5.41, 5.74) is 1.49. The topological polar surface area (TPSA) is 67.4 Å². The summed E-state index contributed by atoms with van der Waals surface area (Å²) >= 11 is 1.44. The van der Waals surface area contributed by atoms with Gasteiger partial charge in [-0.2, -0.15) is 5.26 Å². The minimum atomic E-state index is 0.589. The third-order valence-electron chi connectivity index (χ3n) is 3.38. The van der Waals surface area contributed by atoms with Gasteiger partial charge in [-0.3, -0.25) is 0 Å². The number of hydrogen-bond donors (Lipinski definition) is 0. The van der Waals surface area contributed by atoms with E-state index in [1.807, 2.05) is 19.1 Å². The van der Waals surface area contributed by atoms with Crippen LogP contribution in [-0.4, -0.2) is 19.7 Å². The molecular formula is C14H15N5S. The highest BCUT2D eigenvalue weighted by molar-refractivity contribution is 7.99. The number of nitrogens with zero attached hydrogens (tertiary/aromatic N) is 5. The van der Waals surface area contributed by atoms with Gasteiger partial charge in [-0.05, 0) is 43.7 Å². The van der Waals surface area contributed by atoms with Crippen LogP contribution in [0.15, 0.2) is 22.3 Å². The van der Waals surface area contributed by atoms with Crippen molar-refractivity contribution in [3.63, 3.8) is 0 Å². The third-order valence-corrected chi connectivity index (χ3v) is 4.37. The Labute approximate surface area is 122 Å². The van der Waals surface area contributed by atoms with Crippen LogP contribution in [0.25, 0.3) is 0 Å². The van der Waals surface area contributed by atoms with Crippen molar-refractivity contribution in [2.24, 2.45) is 0 Å². The summed E-state index contributed by atoms with van der Waals surface area (Å²) in [6.07, 6.45) is 4.55. The fourth-order valence-corrected chi connectivity index (χ4v) is 3.29. The van der Waals surface area contributed by atoms with E-state index in [1.165, 1.54) is 24.6 Å². The molecule has 0 aliphatic carbocycles. The summed E-state index contributed by atoms with van der Waals surface area (Å²) in [6, 6.07) is 5.85. The monoisotopic (exact) mass is 285 g/mol. The number of aryl methyl sites for hydroxylation is 2. The van der Waals surface area contributed by atoms with Crippen molar-refractivity contribution in [3.8, 4) is 6.07 Å². The first-order valence-corrected chi connectivity index (χ1v) is 7.57. The Hall–Kier alpha value is -1.87. The maximum absolute atomic E-state index is 9.18. The summed E-state index contributed by atoms with van der Waals surface area (Å²) in [5.74, 6) is 1.05. The minimum Gasteiger partial charge on any atom is -0.306 e. The molecule has 3 rings (SSSR count). The second-order valence-electron chi connectivity index (χ2n) is 4.88. The largest absolute Gasteiger partial charge is 0.306 e. The molecule has 0 saturated heterocycles. The summed E-state index contributed by atoms with van der Waals surface area (Å²) in [4.78, 5) is 4.45. The van der Waals surface area contributed by atoms with E-state index in [0.717, 1.165) is 36.1 Å². The molecule has 20 heavy (non-hydrogen) atoms. The van der Waals surface area contributed by atoms with Crippen molar-refractivity contribution in [2.45, 2.75) is 49.3 Å². The van der Waals surface area contributed by atoms with Crippen molar-refractivity contribution < 1.29 is 0 Å². The standard InChI is InChI=1S/C14H15N5S/c1-10-6-7-11(9-15)13(16-10)20-14-18-17-12-5-3-2-4-8-19(12)14/h6-7H,2-5,8H2,1H3. The van der Waals surface area contributed by atoms with Gasteiger partial charge in [-0.1, -0.05) is 6.42 Å². The Morgan fingerprint density at radius 1 is 1.25 bits per heavy atom. The van der Waals surface area contributed by atoms with Crippen LogP contribution in [0.5, 0.6) is 0 Å². The number of nitriles is 1. The summed E-state index contributed by atoms with van der Waals surface area (Å²) in [5, 5.41) is 19.3. The zero-order valence-electron chi connectivity index (χ0n) is 11.3. The number of aromatic nitrogens is 4. The van der Waals surface area contributed by atoms with E-state index in [9.17, 15) is 5.26 Å². The van der Waals surface area contributed by atoms with Gasteiger partial charge in [-0.25, -0.2) is 4.98 Å². The van der Waals surface area contributed by atoms with E-state index in [0.29, 0.717) is 10.6 Å². The predicted octanol–water partition coefficient (Wildman–Crippen LogP) is 2.73. The van der Waals surface area contributed by atoms with E-state index in [1.54, 1.807) is 0 Å². The Bertz CT molecular complexity index is 671. The Balaban J connectivity index is 1.94. The normalized spacial score (nSPS) is 14.4. The van der Waals surface area contributed by atoms with Gasteiger partial charge >= 0.3 is 0 Å². The second-order valence-corrected chi connectivity index (χ2v) is 5.84. The molecule has 0 saturated carbocycles. The molecule has 0 aromatic carbocycles. The average molecular weight is 285 g/mol. The second kappa shape index (κ2) is 5.63. The van der Waals surface area contributed by atoms with Gasteiger partial charge in [0, 0.05) is 18.7 Å².